The number of anilines is 1. The molecule has 2 saturated heterocycles. The number of ether oxygens (including phenoxy) is 2. The Labute approximate surface area is 220 Å². The van der Waals surface area contributed by atoms with Gasteiger partial charge in [-0.3, -0.25) is 23.7 Å². The summed E-state index contributed by atoms with van der Waals surface area (Å²) in [5.74, 6) is -0.561. The van der Waals surface area contributed by atoms with Crippen molar-refractivity contribution in [2.24, 2.45) is 0 Å². The van der Waals surface area contributed by atoms with Gasteiger partial charge in [-0.15, -0.1) is 0 Å². The molecule has 0 amide bonds. The normalized spacial score (nSPS) is 32.0. The topological polar surface area (TPSA) is 204 Å². The van der Waals surface area contributed by atoms with Crippen LogP contribution in [0.2, 0.25) is 0 Å². The summed E-state index contributed by atoms with van der Waals surface area (Å²) in [6.45, 7) is -0.825. The maximum absolute atomic E-state index is 13.2. The van der Waals surface area contributed by atoms with Crippen molar-refractivity contribution in [3.8, 4) is 0 Å². The van der Waals surface area contributed by atoms with Crippen LogP contribution in [0.3, 0.4) is 0 Å². The highest BCUT2D eigenvalue weighted by Gasteiger charge is 2.54. The van der Waals surface area contributed by atoms with Crippen LogP contribution in [0.1, 0.15) is 31.7 Å². The van der Waals surface area contributed by atoms with Crippen molar-refractivity contribution in [2.75, 3.05) is 18.1 Å². The number of esters is 1. The lowest BCUT2D eigenvalue weighted by Gasteiger charge is -2.27. The number of benzene rings is 1. The molecule has 2 aromatic heterocycles. The van der Waals surface area contributed by atoms with Gasteiger partial charge < -0.3 is 29.9 Å². The zero-order chi connectivity index (χ0) is 27.2. The molecule has 0 bridgehead atoms. The molecule has 0 saturated carbocycles. The van der Waals surface area contributed by atoms with E-state index in [1.165, 1.54) is 17.8 Å². The van der Waals surface area contributed by atoms with Gasteiger partial charge in [0, 0.05) is 5.75 Å². The second-order valence-corrected chi connectivity index (χ2v) is 13.6. The molecule has 14 nitrogen and oxygen atoms in total. The number of nitrogen functional groups attached to an aromatic ring is 1. The summed E-state index contributed by atoms with van der Waals surface area (Å²) >= 11 is 0.937. The number of nitrogens with two attached hydrogens (primary N) is 1. The largest absolute Gasteiger partial charge is 0.457 e. The molecule has 0 unspecified atom stereocenters. The fourth-order valence-corrected chi connectivity index (χ4v) is 8.23. The van der Waals surface area contributed by atoms with Crippen LogP contribution < -0.4 is 16.4 Å². The molecule has 1 aromatic carbocycles. The third-order valence-electron chi connectivity index (χ3n) is 6.44. The summed E-state index contributed by atoms with van der Waals surface area (Å²) < 4.78 is 31.5. The molecule has 2 aliphatic rings. The average Bonchev–Trinajstić information content (AvgIpc) is 3.54. The molecule has 7 atom stereocenters. The van der Waals surface area contributed by atoms with Gasteiger partial charge in [0.2, 0.25) is 5.95 Å². The number of carbonyl (C=O) groups is 1. The minimum Gasteiger partial charge on any atom is -0.457 e. The van der Waals surface area contributed by atoms with Crippen molar-refractivity contribution in [3.05, 3.63) is 52.6 Å². The van der Waals surface area contributed by atoms with Crippen LogP contribution in [0.5, 0.6) is 0 Å². The van der Waals surface area contributed by atoms with Gasteiger partial charge in [0.15, 0.2) is 17.4 Å². The zero-order valence-corrected chi connectivity index (χ0v) is 22.1. The Kier molecular flexibility index (Phi) is 7.11. The molecule has 0 spiro atoms. The quantitative estimate of drug-likeness (QED) is 0.199. The first-order valence-electron chi connectivity index (χ1n) is 11.7. The number of hydrogen-bond acceptors (Lipinski definition) is 12. The van der Waals surface area contributed by atoms with E-state index in [0.717, 1.165) is 16.9 Å². The molecular formula is C22H27N6O8PS. The van der Waals surface area contributed by atoms with E-state index in [1.807, 2.05) is 30.3 Å². The van der Waals surface area contributed by atoms with E-state index in [-0.39, 0.29) is 29.5 Å². The van der Waals surface area contributed by atoms with Gasteiger partial charge in [0.05, 0.1) is 12.9 Å². The van der Waals surface area contributed by atoms with Gasteiger partial charge in [-0.1, -0.05) is 41.7 Å². The zero-order valence-electron chi connectivity index (χ0n) is 20.4. The first-order valence-corrected chi connectivity index (χ1v) is 14.9. The van der Waals surface area contributed by atoms with Gasteiger partial charge in [-0.05, 0) is 19.4 Å². The smallest absolute Gasteiger partial charge is 0.327 e. The summed E-state index contributed by atoms with van der Waals surface area (Å²) in [6.07, 6.45) is -3.03. The van der Waals surface area contributed by atoms with Crippen molar-refractivity contribution in [1.29, 1.82) is 0 Å². The Bertz CT molecular complexity index is 1450. The summed E-state index contributed by atoms with van der Waals surface area (Å²) in [7, 11) is 0. The lowest BCUT2D eigenvalue weighted by molar-refractivity contribution is -0.150. The minimum absolute atomic E-state index is 0.0247. The maximum atomic E-state index is 13.2. The van der Waals surface area contributed by atoms with Gasteiger partial charge in [0.1, 0.15) is 30.0 Å². The molecule has 0 aliphatic carbocycles. The number of nitrogens with zero attached hydrogens (tertiary/aromatic N) is 3. The molecular weight excluding hydrogens is 539 g/mol. The van der Waals surface area contributed by atoms with Gasteiger partial charge >= 0.3 is 12.7 Å². The second kappa shape index (κ2) is 10.1. The number of aliphatic hydroxyl groups is 2. The van der Waals surface area contributed by atoms with Crippen LogP contribution in [0.4, 0.5) is 5.95 Å². The molecule has 2 fully saturated rings. The number of H-pyrrole nitrogens is 1. The monoisotopic (exact) mass is 566 g/mol. The highest BCUT2D eigenvalue weighted by Crippen LogP contribution is 2.61. The lowest BCUT2D eigenvalue weighted by atomic mass is 9.96. The van der Waals surface area contributed by atoms with Crippen LogP contribution in [0.15, 0.2) is 41.5 Å². The molecule has 0 radical (unpaired) electrons. The molecule has 204 valence electrons. The van der Waals surface area contributed by atoms with E-state index in [2.05, 4.69) is 20.0 Å². The number of aromatic nitrogens is 4. The summed E-state index contributed by atoms with van der Waals surface area (Å²) in [5.41, 5.74) is 4.07. The van der Waals surface area contributed by atoms with Crippen LogP contribution in [0.25, 0.3) is 11.2 Å². The van der Waals surface area contributed by atoms with E-state index in [4.69, 9.17) is 19.7 Å². The van der Waals surface area contributed by atoms with E-state index in [9.17, 15) is 24.4 Å². The summed E-state index contributed by atoms with van der Waals surface area (Å²) in [6, 6.07) is 8.37. The SMILES string of the molecule is C[C@@H](OC(=O)[C@@H]1CS[P@](=O)(OC[C@H]2O[C@@H](n3cnc4c(=O)[nH]c(N)nc43)[C@](C)(O)[C@@H]2O)N1)c1ccccc1. The fourth-order valence-electron chi connectivity index (χ4n) is 4.35. The molecule has 3 aromatic rings. The molecule has 16 heteroatoms. The second-order valence-electron chi connectivity index (χ2n) is 9.23. The Balaban J connectivity index is 1.23. The third kappa shape index (κ3) is 4.98. The van der Waals surface area contributed by atoms with Crippen LogP contribution in [-0.2, 0) is 23.4 Å². The van der Waals surface area contributed by atoms with Gasteiger partial charge in [-0.2, -0.15) is 4.98 Å². The van der Waals surface area contributed by atoms with Crippen molar-refractivity contribution in [1.82, 2.24) is 24.6 Å². The standard InChI is InChI=1S/C22H27N6O8PS/c1-11(12-6-4-3-5-7-12)35-19(31)13-9-38-37(33,27-13)34-8-14-16(29)22(2,32)20(36-14)28-10-24-15-17(28)25-21(23)26-18(15)30/h3-7,10-11,13-14,16,20,29,32H,8-9H2,1-2H3,(H,27,33)(H3,23,25,26,30)/t11-,13+,14-,16-,20-,22-,37-/m1/s1. The summed E-state index contributed by atoms with van der Waals surface area (Å²) in [4.78, 5) is 35.1. The number of aliphatic hydroxyl groups excluding tert-OH is 1. The van der Waals surface area contributed by atoms with Gasteiger partial charge in [0.25, 0.3) is 5.56 Å². The summed E-state index contributed by atoms with van der Waals surface area (Å²) in [5, 5.41) is 24.5. The van der Waals surface area contributed by atoms with Crippen molar-refractivity contribution < 1.29 is 33.6 Å². The highest BCUT2D eigenvalue weighted by atomic mass is 32.7. The number of carbonyl (C=O) groups excluding carboxylic acids is 1. The Morgan fingerprint density at radius 3 is 2.89 bits per heavy atom. The predicted molar refractivity (Wildman–Crippen MR) is 137 cm³/mol. The first-order chi connectivity index (χ1) is 18.0. The van der Waals surface area contributed by atoms with E-state index < -0.39 is 54.4 Å². The average molecular weight is 567 g/mol. The van der Waals surface area contributed by atoms with Crippen LogP contribution in [0, 0.1) is 0 Å². The molecule has 5 rings (SSSR count). The van der Waals surface area contributed by atoms with E-state index in [0.29, 0.717) is 0 Å². The number of rotatable bonds is 7. The van der Waals surface area contributed by atoms with Crippen molar-refractivity contribution in [3.63, 3.8) is 0 Å². The minimum atomic E-state index is -3.55. The number of aromatic amines is 1. The number of fused-ring (bicyclic) bond motifs is 1. The molecule has 38 heavy (non-hydrogen) atoms. The Morgan fingerprint density at radius 1 is 1.42 bits per heavy atom. The Morgan fingerprint density at radius 2 is 2.16 bits per heavy atom. The highest BCUT2D eigenvalue weighted by molar-refractivity contribution is 8.56. The van der Waals surface area contributed by atoms with Crippen molar-refractivity contribution in [2.45, 2.75) is 50.0 Å². The van der Waals surface area contributed by atoms with E-state index in [1.54, 1.807) is 6.92 Å². The molecule has 4 heterocycles. The lowest BCUT2D eigenvalue weighted by Crippen LogP contribution is -2.44. The third-order valence-corrected chi connectivity index (χ3v) is 10.5. The Hall–Kier alpha value is -2.78. The number of nitrogens with one attached hydrogen (secondary N) is 2. The molecule has 6 N–H and O–H groups in total. The van der Waals surface area contributed by atoms with Gasteiger partial charge in [-0.25, -0.2) is 10.1 Å². The maximum Gasteiger partial charge on any atom is 0.327 e. The predicted octanol–water partition coefficient (Wildman–Crippen LogP) is 0.845. The number of hydrogen-bond donors (Lipinski definition) is 5. The van der Waals surface area contributed by atoms with Crippen LogP contribution >= 0.6 is 18.1 Å². The first kappa shape index (κ1) is 26.8. The van der Waals surface area contributed by atoms with Crippen molar-refractivity contribution >= 4 is 41.2 Å². The van der Waals surface area contributed by atoms with E-state index >= 15 is 0 Å². The molecule has 2 aliphatic heterocycles. The fraction of sp³-hybridized carbons (Fsp3) is 0.455. The number of imidazole rings is 1. The van der Waals surface area contributed by atoms with Crippen LogP contribution in [-0.4, -0.2) is 71.9 Å².